The van der Waals surface area contributed by atoms with Crippen molar-refractivity contribution in [3.05, 3.63) is 0 Å². The smallest absolute Gasteiger partial charge is 0.0242 e. The van der Waals surface area contributed by atoms with E-state index in [9.17, 15) is 4.21 Å². The molecule has 3 heteroatoms. The second-order valence-corrected chi connectivity index (χ2v) is 7.16. The van der Waals surface area contributed by atoms with Gasteiger partial charge in [-0.05, 0) is 24.8 Å². The van der Waals surface area contributed by atoms with Gasteiger partial charge < -0.3 is 0 Å². The molecule has 0 spiro atoms. The molecule has 74 valence electrons. The van der Waals surface area contributed by atoms with Crippen molar-refractivity contribution in [2.45, 2.75) is 27.2 Å². The summed E-state index contributed by atoms with van der Waals surface area (Å²) < 4.78 is 13.3. The summed E-state index contributed by atoms with van der Waals surface area (Å²) >= 11 is 0. The van der Waals surface area contributed by atoms with Crippen molar-refractivity contribution >= 4 is 15.6 Å². The molecule has 0 saturated carbocycles. The van der Waals surface area contributed by atoms with Gasteiger partial charge in [0.05, 0.1) is 0 Å². The van der Waals surface area contributed by atoms with E-state index < -0.39 is 9.71 Å². The van der Waals surface area contributed by atoms with Crippen LogP contribution in [0.3, 0.4) is 0 Å². The van der Waals surface area contributed by atoms with Gasteiger partial charge in [0.25, 0.3) is 0 Å². The lowest BCUT2D eigenvalue weighted by Gasteiger charge is -2.24. The maximum Gasteiger partial charge on any atom is 0.0242 e. The van der Waals surface area contributed by atoms with Gasteiger partial charge in [0.15, 0.2) is 0 Å². The first-order valence-corrected chi connectivity index (χ1v) is 6.26. The molecular weight excluding hydrogens is 170 g/mol. The first-order valence-electron chi connectivity index (χ1n) is 4.16. The SMILES string of the molecule is C=S(C)(=O)N(C)CCC(C)(C)C. The Morgan fingerprint density at radius 3 is 2.08 bits per heavy atom. The Kier molecular flexibility index (Phi) is 3.79. The van der Waals surface area contributed by atoms with Crippen LogP contribution in [0.1, 0.15) is 27.2 Å². The topological polar surface area (TPSA) is 20.3 Å². The van der Waals surface area contributed by atoms with Crippen molar-refractivity contribution in [2.24, 2.45) is 5.41 Å². The second-order valence-electron chi connectivity index (χ2n) is 4.62. The Hall–Kier alpha value is -0.0200. The summed E-state index contributed by atoms with van der Waals surface area (Å²) in [5.74, 6) is 3.62. The van der Waals surface area contributed by atoms with Crippen LogP contribution in [0.2, 0.25) is 0 Å². The number of hydrogen-bond donors (Lipinski definition) is 0. The fourth-order valence-electron chi connectivity index (χ4n) is 0.686. The zero-order valence-electron chi connectivity index (χ0n) is 8.89. The Bertz CT molecular complexity index is 223. The quantitative estimate of drug-likeness (QED) is 0.621. The van der Waals surface area contributed by atoms with Gasteiger partial charge in [0.1, 0.15) is 0 Å². The first kappa shape index (κ1) is 12.0. The predicted molar refractivity (Wildman–Crippen MR) is 57.9 cm³/mol. The fourth-order valence-corrected chi connectivity index (χ4v) is 1.16. The average molecular weight is 191 g/mol. The van der Waals surface area contributed by atoms with Gasteiger partial charge in [-0.3, -0.25) is 4.21 Å². The zero-order chi connectivity index (χ0) is 9.99. The van der Waals surface area contributed by atoms with Crippen LogP contribution in [0.4, 0.5) is 0 Å². The van der Waals surface area contributed by atoms with E-state index in [-0.39, 0.29) is 0 Å². The summed E-state index contributed by atoms with van der Waals surface area (Å²) in [6, 6.07) is 0. The Morgan fingerprint density at radius 2 is 1.83 bits per heavy atom. The third-order valence-corrected chi connectivity index (χ3v) is 3.34. The summed E-state index contributed by atoms with van der Waals surface area (Å²) in [6.07, 6.45) is 2.72. The minimum atomic E-state index is -1.99. The van der Waals surface area contributed by atoms with E-state index in [4.69, 9.17) is 0 Å². The monoisotopic (exact) mass is 191 g/mol. The largest absolute Gasteiger partial charge is 0.253 e. The van der Waals surface area contributed by atoms with Crippen molar-refractivity contribution in [2.75, 3.05) is 19.8 Å². The van der Waals surface area contributed by atoms with Crippen molar-refractivity contribution in [3.8, 4) is 0 Å². The number of hydrogen-bond acceptors (Lipinski definition) is 1. The predicted octanol–water partition coefficient (Wildman–Crippen LogP) is 1.62. The van der Waals surface area contributed by atoms with Crippen LogP contribution >= 0.6 is 0 Å². The van der Waals surface area contributed by atoms with Gasteiger partial charge in [-0.1, -0.05) is 20.8 Å². The van der Waals surface area contributed by atoms with Gasteiger partial charge in [0.2, 0.25) is 0 Å². The summed E-state index contributed by atoms with van der Waals surface area (Å²) in [5.41, 5.74) is 0.305. The molecule has 0 N–H and O–H groups in total. The Balaban J connectivity index is 3.98. The summed E-state index contributed by atoms with van der Waals surface area (Å²) in [5, 5.41) is 0. The van der Waals surface area contributed by atoms with Gasteiger partial charge in [-0.2, -0.15) is 0 Å². The Morgan fingerprint density at radius 1 is 1.42 bits per heavy atom. The highest BCUT2D eigenvalue weighted by Gasteiger charge is 2.13. The van der Waals surface area contributed by atoms with E-state index >= 15 is 0 Å². The van der Waals surface area contributed by atoms with E-state index in [1.54, 1.807) is 6.26 Å². The van der Waals surface area contributed by atoms with E-state index in [2.05, 4.69) is 26.6 Å². The molecule has 0 aliphatic rings. The van der Waals surface area contributed by atoms with Crippen molar-refractivity contribution in [1.29, 1.82) is 0 Å². The van der Waals surface area contributed by atoms with Gasteiger partial charge in [0, 0.05) is 22.5 Å². The van der Waals surface area contributed by atoms with Gasteiger partial charge >= 0.3 is 0 Å². The van der Waals surface area contributed by atoms with E-state index in [0.717, 1.165) is 13.0 Å². The Labute approximate surface area is 77.1 Å². The van der Waals surface area contributed by atoms with E-state index in [1.807, 2.05) is 11.4 Å². The standard InChI is InChI=1S/C9H21NOS/c1-9(2,3)7-8-10(4)12(5,6)11/h5,7-8H2,1-4,6H3. The molecule has 0 saturated heterocycles. The van der Waals surface area contributed by atoms with Crippen molar-refractivity contribution in [3.63, 3.8) is 0 Å². The highest BCUT2D eigenvalue weighted by Crippen LogP contribution is 2.18. The molecule has 0 amide bonds. The summed E-state index contributed by atoms with van der Waals surface area (Å²) in [4.78, 5) is 0. The van der Waals surface area contributed by atoms with Crippen LogP contribution in [0, 0.1) is 5.41 Å². The van der Waals surface area contributed by atoms with Gasteiger partial charge in [-0.25, -0.2) is 4.31 Å². The molecule has 1 unspecified atom stereocenters. The summed E-state index contributed by atoms with van der Waals surface area (Å²) in [6.45, 7) is 7.40. The maximum atomic E-state index is 11.4. The van der Waals surface area contributed by atoms with E-state index in [0.29, 0.717) is 5.41 Å². The average Bonchev–Trinajstić information content (AvgIpc) is 1.78. The molecular formula is C9H21NOS. The lowest BCUT2D eigenvalue weighted by atomic mass is 9.92. The fraction of sp³-hybridized carbons (Fsp3) is 0.889. The van der Waals surface area contributed by atoms with Crippen LogP contribution in [0.15, 0.2) is 0 Å². The number of rotatable bonds is 3. The van der Waals surface area contributed by atoms with Crippen LogP contribution in [0.5, 0.6) is 0 Å². The van der Waals surface area contributed by atoms with Crippen molar-refractivity contribution < 1.29 is 4.21 Å². The molecule has 0 aliphatic heterocycles. The first-order chi connectivity index (χ1) is 5.13. The number of nitrogens with zero attached hydrogens (tertiary/aromatic N) is 1. The zero-order valence-corrected chi connectivity index (χ0v) is 9.70. The highest BCUT2D eigenvalue weighted by molar-refractivity contribution is 7.97. The maximum absolute atomic E-state index is 11.4. The third-order valence-electron chi connectivity index (χ3n) is 1.84. The molecule has 0 radical (unpaired) electrons. The molecule has 0 aromatic rings. The molecule has 0 heterocycles. The molecule has 0 fully saturated rings. The minimum Gasteiger partial charge on any atom is -0.253 e. The van der Waals surface area contributed by atoms with Crippen LogP contribution < -0.4 is 0 Å². The normalized spacial score (nSPS) is 17.8. The lowest BCUT2D eigenvalue weighted by Crippen LogP contribution is -2.28. The van der Waals surface area contributed by atoms with Crippen LogP contribution in [-0.2, 0) is 9.71 Å². The third kappa shape index (κ3) is 5.61. The summed E-state index contributed by atoms with van der Waals surface area (Å²) in [7, 11) is -0.130. The molecule has 2 nitrogen and oxygen atoms in total. The molecule has 0 aliphatic carbocycles. The molecule has 0 bridgehead atoms. The molecule has 0 rings (SSSR count). The molecule has 1 atom stereocenters. The molecule has 0 aromatic heterocycles. The molecule has 0 aromatic carbocycles. The molecule has 12 heavy (non-hydrogen) atoms. The second kappa shape index (κ2) is 3.79. The lowest BCUT2D eigenvalue weighted by molar-refractivity contribution is 0.338. The van der Waals surface area contributed by atoms with Crippen LogP contribution in [-0.4, -0.2) is 34.2 Å². The van der Waals surface area contributed by atoms with E-state index in [1.165, 1.54) is 0 Å². The minimum absolute atomic E-state index is 0.305. The highest BCUT2D eigenvalue weighted by atomic mass is 32.2. The van der Waals surface area contributed by atoms with Gasteiger partial charge in [-0.15, -0.1) is 0 Å². The van der Waals surface area contributed by atoms with Crippen LogP contribution in [0.25, 0.3) is 0 Å². The van der Waals surface area contributed by atoms with Crippen molar-refractivity contribution in [1.82, 2.24) is 4.31 Å².